The Kier molecular flexibility index (Phi) is 45.6. The van der Waals surface area contributed by atoms with E-state index in [0.717, 1.165) is 65.4 Å². The molecule has 0 aliphatic carbocycles. The van der Waals surface area contributed by atoms with Gasteiger partial charge in [0.25, 0.3) is 0 Å². The largest absolute Gasteiger partial charge is 0.641 e. The zero-order valence-corrected chi connectivity index (χ0v) is 51.0. The second-order valence-corrected chi connectivity index (χ2v) is 11.8. The number of aryl methyl sites for hydroxylation is 8. The maximum Gasteiger partial charge on any atom is 0.128 e. The molecule has 0 aromatic carbocycles. The van der Waals surface area contributed by atoms with Gasteiger partial charge in [-0.15, -0.1) is 58.4 Å². The van der Waals surface area contributed by atoms with Crippen molar-refractivity contribution in [1.82, 2.24) is 14.6 Å². The summed E-state index contributed by atoms with van der Waals surface area (Å²) in [4.78, 5) is 5.78. The van der Waals surface area contributed by atoms with E-state index in [2.05, 4.69) is 55.6 Å². The summed E-state index contributed by atoms with van der Waals surface area (Å²) >= 11 is 4.84. The average Bonchev–Trinajstić information content (AvgIpc) is 2.99. The molecule has 5 heterocycles. The van der Waals surface area contributed by atoms with Crippen molar-refractivity contribution in [1.29, 1.82) is 0 Å². The maximum absolute atomic E-state index is 10.9. The van der Waals surface area contributed by atoms with Gasteiger partial charge in [-0.25, -0.2) is 0 Å². The molecular formula is C40H52N5O3SVW5-5. The van der Waals surface area contributed by atoms with Crippen molar-refractivity contribution in [2.75, 3.05) is 7.05 Å². The predicted molar refractivity (Wildman–Crippen MR) is 200 cm³/mol. The van der Waals surface area contributed by atoms with Crippen molar-refractivity contribution < 1.29 is 139 Å². The summed E-state index contributed by atoms with van der Waals surface area (Å²) in [6.07, 6.45) is 19.2. The molecule has 0 atom stereocenters. The van der Waals surface area contributed by atoms with E-state index in [1.807, 2.05) is 112 Å². The van der Waals surface area contributed by atoms with Gasteiger partial charge >= 0.3 is 0 Å². The predicted octanol–water partition coefficient (Wildman–Crippen LogP) is 8.26. The van der Waals surface area contributed by atoms with Crippen LogP contribution in [0.3, 0.4) is 0 Å². The molecule has 0 amide bonds. The molecular weight excluding hydrogens is 1600 g/mol. The van der Waals surface area contributed by atoms with E-state index in [9.17, 15) is 10.4 Å². The molecule has 55 heavy (non-hydrogen) atoms. The second kappa shape index (κ2) is 36.4. The van der Waals surface area contributed by atoms with Gasteiger partial charge in [0.15, 0.2) is 0 Å². The van der Waals surface area contributed by atoms with Gasteiger partial charge in [-0.1, -0.05) is 130 Å². The first kappa shape index (κ1) is 68.9. The molecule has 0 bridgehead atoms. The minimum absolute atomic E-state index is 0. The van der Waals surface area contributed by atoms with Crippen LogP contribution in [0.2, 0.25) is 0 Å². The first-order valence-electron chi connectivity index (χ1n) is 15.8. The van der Waals surface area contributed by atoms with Crippen molar-refractivity contribution in [2.24, 2.45) is 0 Å². The zero-order chi connectivity index (χ0) is 38.0. The Hall–Kier alpha value is -0.734. The van der Waals surface area contributed by atoms with Crippen molar-refractivity contribution in [2.45, 2.75) is 90.0 Å². The molecule has 0 unspecified atom stereocenters. The molecule has 0 fully saturated rings. The molecule has 15 heteroatoms. The Labute approximate surface area is 420 Å². The Morgan fingerprint density at radius 3 is 1.64 bits per heavy atom. The van der Waals surface area contributed by atoms with Crippen LogP contribution in [-0.2, 0) is 124 Å². The van der Waals surface area contributed by atoms with Gasteiger partial charge in [-0.05, 0) is 14.0 Å². The molecule has 301 valence electrons. The quantitative estimate of drug-likeness (QED) is 0.0627. The van der Waals surface area contributed by atoms with E-state index >= 15 is 0 Å². The third-order valence-corrected chi connectivity index (χ3v) is 6.97. The number of nitrogens with zero attached hydrogens (tertiary/aromatic N) is 5. The zero-order valence-electron chi connectivity index (χ0n) is 34.1. The van der Waals surface area contributed by atoms with E-state index in [0.29, 0.717) is 9.37 Å². The fourth-order valence-electron chi connectivity index (χ4n) is 4.16. The molecule has 0 saturated carbocycles. The molecule has 1 N–H and O–H groups in total. The van der Waals surface area contributed by atoms with Crippen molar-refractivity contribution >= 4 is 12.2 Å². The summed E-state index contributed by atoms with van der Waals surface area (Å²) in [6.45, 7) is 29.0. The topological polar surface area (TPSA) is 95.2 Å². The fraction of sp³-hybridized carbons (Fsp3) is 0.350. The van der Waals surface area contributed by atoms with E-state index < -0.39 is 0 Å². The van der Waals surface area contributed by atoms with Crippen molar-refractivity contribution in [3.63, 3.8) is 0 Å². The monoisotopic (exact) mass is 1650 g/mol. The van der Waals surface area contributed by atoms with Crippen molar-refractivity contribution in [3.8, 4) is 0 Å². The van der Waals surface area contributed by atoms with Crippen LogP contribution in [0.1, 0.15) is 77.9 Å². The van der Waals surface area contributed by atoms with Crippen LogP contribution in [0.5, 0.6) is 0 Å². The number of likely N-dealkylation sites (N-methyl/N-ethyl adjacent to an activating group) is 1. The summed E-state index contributed by atoms with van der Waals surface area (Å²) in [7, 11) is 1.96. The van der Waals surface area contributed by atoms with Crippen LogP contribution in [0.25, 0.3) is 0 Å². The Balaban J connectivity index is -0.000000101. The Morgan fingerprint density at radius 2 is 1.24 bits per heavy atom. The van der Waals surface area contributed by atoms with Crippen LogP contribution in [-0.4, -0.2) is 26.9 Å². The van der Waals surface area contributed by atoms with E-state index in [1.54, 1.807) is 13.1 Å². The molecule has 1 aliphatic rings. The number of rotatable bonds is 0. The average molecular weight is 1650 g/mol. The van der Waals surface area contributed by atoms with Crippen LogP contribution in [0.15, 0.2) is 66.2 Å². The van der Waals surface area contributed by atoms with Crippen LogP contribution in [0.4, 0.5) is 0 Å². The van der Waals surface area contributed by atoms with Gasteiger partial charge in [0, 0.05) is 129 Å². The van der Waals surface area contributed by atoms with Gasteiger partial charge in [0.1, 0.15) is 12.4 Å². The Bertz CT molecular complexity index is 1710. The third-order valence-electron chi connectivity index (χ3n) is 6.47. The van der Waals surface area contributed by atoms with Crippen LogP contribution in [0, 0.1) is 108 Å². The first-order valence-corrected chi connectivity index (χ1v) is 16.2. The molecule has 4 aromatic rings. The number of hydrogen-bond donors (Lipinski definition) is 1. The maximum atomic E-state index is 10.9. The Morgan fingerprint density at radius 1 is 0.745 bits per heavy atom. The van der Waals surface area contributed by atoms with Crippen LogP contribution < -0.4 is 9.46 Å². The summed E-state index contributed by atoms with van der Waals surface area (Å²) in [5, 5.41) is 30.5. The molecule has 8 nitrogen and oxygen atoms in total. The van der Waals surface area contributed by atoms with Gasteiger partial charge in [-0.3, -0.25) is 14.2 Å². The van der Waals surface area contributed by atoms with E-state index in [1.165, 1.54) is 17.3 Å². The number of pyridine rings is 4. The number of aromatic nitrogens is 4. The SMILES string of the molecule is C=C1C(C)=CC(C)=[C-]N1C.CC.Cc1[c-][n+]([O-])c(C)c(C)c1.Cc1[c-][n+]([O-])cc(C)c1.Cc1[c-]n(O)c(=S)c(C)c1.Cc1[c-]ncc(C)c1.[V].[W].[W].[W].[W].[W]. The fourth-order valence-corrected chi connectivity index (χ4v) is 4.26. The minimum atomic E-state index is 0. The second-order valence-electron chi connectivity index (χ2n) is 11.4. The number of hydrogen-bond acceptors (Lipinski definition) is 6. The summed E-state index contributed by atoms with van der Waals surface area (Å²) < 4.78 is 2.75. The van der Waals surface area contributed by atoms with Gasteiger partial charge in [0.2, 0.25) is 0 Å². The third kappa shape index (κ3) is 29.2. The van der Waals surface area contributed by atoms with Gasteiger partial charge in [0.05, 0.1) is 11.9 Å². The van der Waals surface area contributed by atoms with E-state index in [-0.39, 0.29) is 124 Å². The molecule has 0 spiro atoms. The smallest absolute Gasteiger partial charge is 0.128 e. The van der Waals surface area contributed by atoms with Crippen molar-refractivity contribution in [3.05, 3.63) is 162 Å². The summed E-state index contributed by atoms with van der Waals surface area (Å²) in [5.41, 5.74) is 12.0. The van der Waals surface area contributed by atoms with E-state index in [4.69, 9.17) is 17.4 Å². The molecule has 1 aliphatic heterocycles. The standard InChI is InChI=1S/C9H12N.C8H10NO.C7H8NOS.C7H8NO.C7H8N.C2H6.V.5W/c1-7-5-8(2)9(3)10(4)6-7;1-6-4-7(2)8(3)9(10)5-6;1-5-3-6(2)7(10)8(9)4-5;1-6-3-7(2)5-8(9)4-6;1-6-3-7(2)5-8-4-6;1-2;;;;;;/h5H,3H2,1-2,4H3;4H,1-3H3;3,9H,1-2H3;3-4H,1-2H3;3-4H,1-2H3;1-2H3;;;;;;/q5*-1;;;;;;;. The molecule has 1 radical (unpaired) electrons. The minimum Gasteiger partial charge on any atom is -0.641 e. The summed E-state index contributed by atoms with van der Waals surface area (Å²) in [5.74, 6) is 0. The van der Waals surface area contributed by atoms with Gasteiger partial charge < -0.3 is 25.5 Å². The summed E-state index contributed by atoms with van der Waals surface area (Å²) in [6, 6.07) is 7.79. The van der Waals surface area contributed by atoms with Gasteiger partial charge in [-0.2, -0.15) is 30.3 Å². The molecule has 0 saturated heterocycles. The van der Waals surface area contributed by atoms with Crippen LogP contribution >= 0.6 is 12.2 Å². The molecule has 4 aromatic heterocycles. The normalized spacial score (nSPS) is 10.0. The number of allylic oxidation sites excluding steroid dienone is 3. The molecule has 5 rings (SSSR count). The first-order chi connectivity index (χ1) is 22.8.